The van der Waals surface area contributed by atoms with Crippen LogP contribution in [0.2, 0.25) is 0 Å². The zero-order valence-corrected chi connectivity index (χ0v) is 12.9. The molecule has 3 rings (SSSR count). The zero-order valence-electron chi connectivity index (χ0n) is 11.3. The minimum absolute atomic E-state index is 0.145. The molecule has 2 aromatic heterocycles. The van der Waals surface area contributed by atoms with E-state index in [4.69, 9.17) is 0 Å². The molecule has 0 unspecified atom stereocenters. The molecule has 7 nitrogen and oxygen atoms in total. The molecule has 2 aromatic rings. The highest BCUT2D eigenvalue weighted by atomic mass is 32.2. The maximum atomic E-state index is 12.6. The van der Waals surface area contributed by atoms with Gasteiger partial charge in [-0.3, -0.25) is 4.79 Å². The monoisotopic (exact) mass is 326 g/mol. The van der Waals surface area contributed by atoms with Crippen molar-refractivity contribution in [3.63, 3.8) is 0 Å². The predicted molar refractivity (Wildman–Crippen MR) is 78.4 cm³/mol. The Balaban J connectivity index is 1.84. The summed E-state index contributed by atoms with van der Waals surface area (Å²) in [7, 11) is -3.57. The molecular formula is C12H14N4O3S2. The maximum Gasteiger partial charge on any atom is 0.254 e. The van der Waals surface area contributed by atoms with Crippen molar-refractivity contribution in [1.82, 2.24) is 13.9 Å². The Labute approximate surface area is 126 Å². The Morgan fingerprint density at radius 3 is 3.00 bits per heavy atom. The van der Waals surface area contributed by atoms with E-state index in [1.165, 1.54) is 17.4 Å². The highest BCUT2D eigenvalue weighted by Crippen LogP contribution is 2.28. The number of carbonyl (C=O) groups is 1. The van der Waals surface area contributed by atoms with Crippen LogP contribution in [0.25, 0.3) is 0 Å². The lowest BCUT2D eigenvalue weighted by Crippen LogP contribution is -2.37. The quantitative estimate of drug-likeness (QED) is 0.915. The standard InChI is InChI=1S/C12H14N4O3S2/c1-9(17)14-12-13-7-11(20-12)21(18,19)16-6-5-15-4-2-3-10(15)8-16/h2-4,7H,5-6,8H2,1H3,(H,13,14,17). The van der Waals surface area contributed by atoms with Gasteiger partial charge in [0.05, 0.1) is 12.7 Å². The van der Waals surface area contributed by atoms with Crippen molar-refractivity contribution >= 4 is 32.4 Å². The van der Waals surface area contributed by atoms with E-state index in [1.807, 2.05) is 22.9 Å². The Morgan fingerprint density at radius 1 is 1.43 bits per heavy atom. The first kappa shape index (κ1) is 14.2. The van der Waals surface area contributed by atoms with E-state index in [1.54, 1.807) is 0 Å². The van der Waals surface area contributed by atoms with Crippen molar-refractivity contribution in [2.75, 3.05) is 11.9 Å². The van der Waals surface area contributed by atoms with Crippen LogP contribution in [-0.4, -0.2) is 34.7 Å². The van der Waals surface area contributed by atoms with Crippen molar-refractivity contribution in [3.8, 4) is 0 Å². The lowest BCUT2D eigenvalue weighted by molar-refractivity contribution is -0.114. The minimum atomic E-state index is -3.57. The first-order valence-corrected chi connectivity index (χ1v) is 8.60. The third kappa shape index (κ3) is 2.71. The number of nitrogens with one attached hydrogen (secondary N) is 1. The molecule has 0 aromatic carbocycles. The van der Waals surface area contributed by atoms with Crippen molar-refractivity contribution in [3.05, 3.63) is 30.2 Å². The molecule has 0 atom stereocenters. The second-order valence-corrected chi connectivity index (χ2v) is 7.89. The molecule has 1 amide bonds. The fraction of sp³-hybridized carbons (Fsp3) is 0.333. The normalized spacial score (nSPS) is 15.7. The molecule has 0 aliphatic carbocycles. The van der Waals surface area contributed by atoms with Gasteiger partial charge in [0.1, 0.15) is 0 Å². The van der Waals surface area contributed by atoms with Gasteiger partial charge in [-0.2, -0.15) is 4.31 Å². The number of anilines is 1. The highest BCUT2D eigenvalue weighted by molar-refractivity contribution is 7.91. The van der Waals surface area contributed by atoms with Gasteiger partial charge in [-0.1, -0.05) is 11.3 Å². The number of aromatic nitrogens is 2. The number of hydrogen-bond donors (Lipinski definition) is 1. The third-order valence-corrected chi connectivity index (χ3v) is 6.41. The largest absolute Gasteiger partial charge is 0.349 e. The number of sulfonamides is 1. The summed E-state index contributed by atoms with van der Waals surface area (Å²) in [6, 6.07) is 3.82. The Bertz CT molecular complexity index is 778. The molecule has 1 aliphatic heterocycles. The van der Waals surface area contributed by atoms with E-state index in [0.717, 1.165) is 17.0 Å². The minimum Gasteiger partial charge on any atom is -0.349 e. The average molecular weight is 326 g/mol. The molecule has 0 saturated carbocycles. The predicted octanol–water partition coefficient (Wildman–Crippen LogP) is 1.11. The smallest absolute Gasteiger partial charge is 0.254 e. The fourth-order valence-electron chi connectivity index (χ4n) is 2.21. The van der Waals surface area contributed by atoms with Crippen LogP contribution in [0.3, 0.4) is 0 Å². The number of nitrogens with zero attached hydrogens (tertiary/aromatic N) is 3. The Kier molecular flexibility index (Phi) is 3.56. The number of amides is 1. The van der Waals surface area contributed by atoms with Crippen LogP contribution in [0, 0.1) is 0 Å². The molecule has 3 heterocycles. The summed E-state index contributed by atoms with van der Waals surface area (Å²) >= 11 is 0.966. The molecule has 9 heteroatoms. The van der Waals surface area contributed by atoms with E-state index in [0.29, 0.717) is 24.8 Å². The molecule has 21 heavy (non-hydrogen) atoms. The Hall–Kier alpha value is -1.71. The van der Waals surface area contributed by atoms with Crippen LogP contribution in [0.15, 0.2) is 28.7 Å². The molecule has 0 fully saturated rings. The van der Waals surface area contributed by atoms with Gasteiger partial charge in [-0.25, -0.2) is 13.4 Å². The van der Waals surface area contributed by atoms with Gasteiger partial charge >= 0.3 is 0 Å². The van der Waals surface area contributed by atoms with Gasteiger partial charge in [-0.15, -0.1) is 0 Å². The number of fused-ring (bicyclic) bond motifs is 1. The summed E-state index contributed by atoms with van der Waals surface area (Å²) in [5, 5.41) is 2.79. The van der Waals surface area contributed by atoms with E-state index < -0.39 is 10.0 Å². The summed E-state index contributed by atoms with van der Waals surface area (Å²) in [4.78, 5) is 14.9. The van der Waals surface area contributed by atoms with Crippen LogP contribution in [0.1, 0.15) is 12.6 Å². The summed E-state index contributed by atoms with van der Waals surface area (Å²) in [5.41, 5.74) is 0.969. The lowest BCUT2D eigenvalue weighted by Gasteiger charge is -2.27. The average Bonchev–Trinajstić information content (AvgIpc) is 3.05. The first-order chi connectivity index (χ1) is 9.96. The van der Waals surface area contributed by atoms with E-state index >= 15 is 0 Å². The van der Waals surface area contributed by atoms with Gasteiger partial charge < -0.3 is 9.88 Å². The molecular weight excluding hydrogens is 312 g/mol. The summed E-state index contributed by atoms with van der Waals surface area (Å²) in [6.45, 7) is 2.77. The van der Waals surface area contributed by atoms with Crippen LogP contribution in [0.4, 0.5) is 5.13 Å². The van der Waals surface area contributed by atoms with E-state index in [9.17, 15) is 13.2 Å². The van der Waals surface area contributed by atoms with Crippen molar-refractivity contribution in [2.24, 2.45) is 0 Å². The molecule has 0 bridgehead atoms. The highest BCUT2D eigenvalue weighted by Gasteiger charge is 2.30. The Morgan fingerprint density at radius 2 is 2.24 bits per heavy atom. The fourth-order valence-corrected chi connectivity index (χ4v) is 4.84. The second-order valence-electron chi connectivity index (χ2n) is 4.70. The summed E-state index contributed by atoms with van der Waals surface area (Å²) < 4.78 is 28.8. The zero-order chi connectivity index (χ0) is 15.0. The van der Waals surface area contributed by atoms with Crippen molar-refractivity contribution in [2.45, 2.75) is 24.2 Å². The van der Waals surface area contributed by atoms with Crippen LogP contribution < -0.4 is 5.32 Å². The lowest BCUT2D eigenvalue weighted by atomic mass is 10.3. The number of thiazole rings is 1. The summed E-state index contributed by atoms with van der Waals surface area (Å²) in [5.74, 6) is -0.274. The van der Waals surface area contributed by atoms with Gasteiger partial charge in [0.25, 0.3) is 10.0 Å². The van der Waals surface area contributed by atoms with E-state index in [-0.39, 0.29) is 10.1 Å². The van der Waals surface area contributed by atoms with Crippen LogP contribution in [-0.2, 0) is 27.9 Å². The third-order valence-electron chi connectivity index (χ3n) is 3.21. The summed E-state index contributed by atoms with van der Waals surface area (Å²) in [6.07, 6.45) is 3.24. The molecule has 112 valence electrons. The van der Waals surface area contributed by atoms with E-state index in [2.05, 4.69) is 10.3 Å². The van der Waals surface area contributed by atoms with Crippen LogP contribution in [0.5, 0.6) is 0 Å². The molecule has 0 saturated heterocycles. The van der Waals surface area contributed by atoms with Gasteiger partial charge in [0, 0.05) is 31.9 Å². The van der Waals surface area contributed by atoms with Gasteiger partial charge in [0.15, 0.2) is 9.34 Å². The topological polar surface area (TPSA) is 84.3 Å². The van der Waals surface area contributed by atoms with Crippen molar-refractivity contribution < 1.29 is 13.2 Å². The van der Waals surface area contributed by atoms with Crippen molar-refractivity contribution in [1.29, 1.82) is 0 Å². The van der Waals surface area contributed by atoms with Gasteiger partial charge in [0.2, 0.25) is 5.91 Å². The van der Waals surface area contributed by atoms with Gasteiger partial charge in [-0.05, 0) is 12.1 Å². The maximum absolute atomic E-state index is 12.6. The molecule has 0 radical (unpaired) electrons. The number of carbonyl (C=O) groups excluding carboxylic acids is 1. The number of hydrogen-bond acceptors (Lipinski definition) is 5. The second kappa shape index (κ2) is 5.24. The first-order valence-electron chi connectivity index (χ1n) is 6.34. The van der Waals surface area contributed by atoms with Crippen LogP contribution >= 0.6 is 11.3 Å². The SMILES string of the molecule is CC(=O)Nc1ncc(S(=O)(=O)N2CCn3cccc3C2)s1. The number of rotatable bonds is 3. The molecule has 0 spiro atoms. The molecule has 1 aliphatic rings. The molecule has 1 N–H and O–H groups in total.